The van der Waals surface area contributed by atoms with E-state index in [0.29, 0.717) is 6.04 Å². The molecule has 0 saturated carbocycles. The number of aryl methyl sites for hydroxylation is 1. The average molecular weight is 320 g/mol. The van der Waals surface area contributed by atoms with Gasteiger partial charge in [0.1, 0.15) is 5.69 Å². The summed E-state index contributed by atoms with van der Waals surface area (Å²) in [5, 5.41) is 1.34. The standard InChI is InChI=1S/C21H25N3/c1-15-10-13-24(14-11-15)21(19-9-5-6-12-22-19)20-16(2)23-18-8-4-3-7-17(18)20/h3-9,12,15,21,23H,10-11,13-14H2,1-2H3/p+1/t21-/m0/s1. The van der Waals surface area contributed by atoms with Crippen LogP contribution in [0, 0.1) is 12.8 Å². The second-order valence-corrected chi connectivity index (χ2v) is 7.24. The number of aromatic nitrogens is 2. The van der Waals surface area contributed by atoms with E-state index in [1.165, 1.54) is 53.8 Å². The van der Waals surface area contributed by atoms with Crippen molar-refractivity contribution in [3.63, 3.8) is 0 Å². The molecular formula is C21H26N3+. The molecule has 3 nitrogen and oxygen atoms in total. The number of hydrogen-bond acceptors (Lipinski definition) is 1. The number of H-pyrrole nitrogens is 1. The summed E-state index contributed by atoms with van der Waals surface area (Å²) in [6.07, 6.45) is 4.54. The van der Waals surface area contributed by atoms with Gasteiger partial charge in [0, 0.05) is 28.4 Å². The van der Waals surface area contributed by atoms with Gasteiger partial charge in [-0.25, -0.2) is 0 Å². The summed E-state index contributed by atoms with van der Waals surface area (Å²) >= 11 is 0. The minimum atomic E-state index is 0.315. The first-order valence-corrected chi connectivity index (χ1v) is 9.06. The average Bonchev–Trinajstić information content (AvgIpc) is 2.94. The summed E-state index contributed by atoms with van der Waals surface area (Å²) in [7, 11) is 0. The predicted octanol–water partition coefficient (Wildman–Crippen LogP) is 3.28. The van der Waals surface area contributed by atoms with Gasteiger partial charge in [-0.05, 0) is 43.9 Å². The third-order valence-corrected chi connectivity index (χ3v) is 5.54. The highest BCUT2D eigenvalue weighted by atomic mass is 15.2. The summed E-state index contributed by atoms with van der Waals surface area (Å²) < 4.78 is 0. The van der Waals surface area contributed by atoms with Gasteiger partial charge >= 0.3 is 0 Å². The molecule has 0 amide bonds. The van der Waals surface area contributed by atoms with Crippen LogP contribution < -0.4 is 4.90 Å². The molecule has 0 spiro atoms. The largest absolute Gasteiger partial charge is 0.358 e. The van der Waals surface area contributed by atoms with E-state index in [0.717, 1.165) is 5.92 Å². The predicted molar refractivity (Wildman–Crippen MR) is 98.2 cm³/mol. The van der Waals surface area contributed by atoms with E-state index in [4.69, 9.17) is 4.98 Å². The Morgan fingerprint density at radius 1 is 1.08 bits per heavy atom. The summed E-state index contributed by atoms with van der Waals surface area (Å²) in [6.45, 7) is 7.03. The normalized spacial score (nSPS) is 22.6. The molecule has 0 radical (unpaired) electrons. The Morgan fingerprint density at radius 3 is 2.58 bits per heavy atom. The van der Waals surface area contributed by atoms with Crippen LogP contribution in [-0.2, 0) is 0 Å². The van der Waals surface area contributed by atoms with Crippen LogP contribution in [0.1, 0.15) is 42.8 Å². The Morgan fingerprint density at radius 2 is 1.83 bits per heavy atom. The van der Waals surface area contributed by atoms with Crippen LogP contribution in [0.5, 0.6) is 0 Å². The van der Waals surface area contributed by atoms with Gasteiger partial charge in [-0.3, -0.25) is 4.98 Å². The summed E-state index contributed by atoms with van der Waals surface area (Å²) in [5.41, 5.74) is 5.12. The van der Waals surface area contributed by atoms with Gasteiger partial charge in [-0.2, -0.15) is 0 Å². The number of benzene rings is 1. The molecule has 3 heteroatoms. The molecule has 2 N–H and O–H groups in total. The van der Waals surface area contributed by atoms with Gasteiger partial charge in [0.25, 0.3) is 0 Å². The van der Waals surface area contributed by atoms with E-state index in [-0.39, 0.29) is 0 Å². The number of hydrogen-bond donors (Lipinski definition) is 2. The second kappa shape index (κ2) is 6.40. The molecular weight excluding hydrogens is 294 g/mol. The number of piperidine rings is 1. The first kappa shape index (κ1) is 15.4. The van der Waals surface area contributed by atoms with Crippen molar-refractivity contribution in [1.29, 1.82) is 0 Å². The molecule has 1 aliphatic rings. The molecule has 1 fully saturated rings. The van der Waals surface area contributed by atoms with E-state index in [2.05, 4.69) is 55.2 Å². The molecule has 24 heavy (non-hydrogen) atoms. The monoisotopic (exact) mass is 320 g/mol. The van der Waals surface area contributed by atoms with Crippen LogP contribution in [-0.4, -0.2) is 23.1 Å². The highest BCUT2D eigenvalue weighted by molar-refractivity contribution is 5.85. The van der Waals surface area contributed by atoms with Crippen LogP contribution >= 0.6 is 0 Å². The maximum Gasteiger partial charge on any atom is 0.158 e. The number of pyridine rings is 1. The van der Waals surface area contributed by atoms with Crippen LogP contribution in [0.3, 0.4) is 0 Å². The van der Waals surface area contributed by atoms with Gasteiger partial charge in [0.2, 0.25) is 0 Å². The molecule has 2 aromatic heterocycles. The Balaban J connectivity index is 1.84. The lowest BCUT2D eigenvalue weighted by atomic mass is 9.93. The Hall–Kier alpha value is -2.13. The zero-order valence-corrected chi connectivity index (χ0v) is 14.5. The fourth-order valence-electron chi connectivity index (χ4n) is 4.20. The number of nitrogens with one attached hydrogen (secondary N) is 2. The quantitative estimate of drug-likeness (QED) is 0.763. The van der Waals surface area contributed by atoms with Crippen molar-refractivity contribution in [3.05, 3.63) is 65.6 Å². The minimum Gasteiger partial charge on any atom is -0.358 e. The lowest BCUT2D eigenvalue weighted by molar-refractivity contribution is -0.931. The number of nitrogens with zero attached hydrogens (tertiary/aromatic N) is 1. The van der Waals surface area contributed by atoms with E-state index >= 15 is 0 Å². The molecule has 124 valence electrons. The Kier molecular flexibility index (Phi) is 4.11. The molecule has 3 aromatic rings. The summed E-state index contributed by atoms with van der Waals surface area (Å²) in [6, 6.07) is 15.3. The topological polar surface area (TPSA) is 33.1 Å². The van der Waals surface area contributed by atoms with Crippen LogP contribution in [0.15, 0.2) is 48.7 Å². The summed E-state index contributed by atoms with van der Waals surface area (Å²) in [4.78, 5) is 9.98. The lowest BCUT2D eigenvalue weighted by Crippen LogP contribution is -3.13. The molecule has 1 saturated heterocycles. The van der Waals surface area contributed by atoms with Crippen molar-refractivity contribution in [1.82, 2.24) is 9.97 Å². The molecule has 1 aliphatic heterocycles. The number of likely N-dealkylation sites (tertiary alicyclic amines) is 1. The smallest absolute Gasteiger partial charge is 0.158 e. The van der Waals surface area contributed by atoms with Crippen molar-refractivity contribution < 1.29 is 4.90 Å². The highest BCUT2D eigenvalue weighted by Crippen LogP contribution is 2.30. The number of fused-ring (bicyclic) bond motifs is 1. The lowest BCUT2D eigenvalue weighted by Gasteiger charge is -2.33. The molecule has 0 aliphatic carbocycles. The van der Waals surface area contributed by atoms with Gasteiger partial charge in [0.15, 0.2) is 6.04 Å². The van der Waals surface area contributed by atoms with Gasteiger partial charge in [0.05, 0.1) is 13.1 Å². The maximum absolute atomic E-state index is 4.74. The second-order valence-electron chi connectivity index (χ2n) is 7.24. The van der Waals surface area contributed by atoms with Crippen molar-refractivity contribution in [2.24, 2.45) is 5.92 Å². The minimum absolute atomic E-state index is 0.315. The van der Waals surface area contributed by atoms with Crippen molar-refractivity contribution in [2.75, 3.05) is 13.1 Å². The van der Waals surface area contributed by atoms with E-state index in [1.54, 1.807) is 4.90 Å². The van der Waals surface area contributed by atoms with Crippen LogP contribution in [0.4, 0.5) is 0 Å². The van der Waals surface area contributed by atoms with Gasteiger partial charge in [-0.15, -0.1) is 0 Å². The Bertz CT molecular complexity index is 813. The van der Waals surface area contributed by atoms with Crippen LogP contribution in [0.2, 0.25) is 0 Å². The van der Waals surface area contributed by atoms with Crippen molar-refractivity contribution in [3.8, 4) is 0 Å². The van der Waals surface area contributed by atoms with Gasteiger partial charge < -0.3 is 9.88 Å². The first-order chi connectivity index (χ1) is 11.7. The van der Waals surface area contributed by atoms with E-state index < -0.39 is 0 Å². The summed E-state index contributed by atoms with van der Waals surface area (Å²) in [5.74, 6) is 0.849. The zero-order valence-electron chi connectivity index (χ0n) is 14.5. The third-order valence-electron chi connectivity index (χ3n) is 5.54. The molecule has 0 unspecified atom stereocenters. The first-order valence-electron chi connectivity index (χ1n) is 9.06. The van der Waals surface area contributed by atoms with E-state index in [9.17, 15) is 0 Å². The maximum atomic E-state index is 4.74. The van der Waals surface area contributed by atoms with Crippen LogP contribution in [0.25, 0.3) is 10.9 Å². The zero-order chi connectivity index (χ0) is 16.5. The van der Waals surface area contributed by atoms with Crippen molar-refractivity contribution in [2.45, 2.75) is 32.7 Å². The molecule has 1 aromatic carbocycles. The fourth-order valence-corrected chi connectivity index (χ4v) is 4.20. The molecule has 4 rings (SSSR count). The molecule has 0 bridgehead atoms. The SMILES string of the molecule is Cc1[nH]c2ccccc2c1[C@H](c1ccccn1)[NH+]1CCC(C)CC1. The highest BCUT2D eigenvalue weighted by Gasteiger charge is 2.33. The fraction of sp³-hybridized carbons (Fsp3) is 0.381. The van der Waals surface area contributed by atoms with Gasteiger partial charge in [-0.1, -0.05) is 31.2 Å². The molecule has 1 atom stereocenters. The number of aromatic amines is 1. The third kappa shape index (κ3) is 2.73. The number of rotatable bonds is 3. The molecule has 3 heterocycles. The number of para-hydroxylation sites is 1. The van der Waals surface area contributed by atoms with Crippen molar-refractivity contribution >= 4 is 10.9 Å². The number of quaternary nitrogens is 1. The van der Waals surface area contributed by atoms with E-state index in [1.807, 2.05) is 12.3 Å². The Labute approximate surface area is 143 Å².